The molecule has 1 aliphatic rings. The molecule has 0 radical (unpaired) electrons. The van der Waals surface area contributed by atoms with Crippen LogP contribution in [0.25, 0.3) is 10.2 Å². The maximum atomic E-state index is 13.9. The van der Waals surface area contributed by atoms with Crippen LogP contribution in [0.3, 0.4) is 0 Å². The van der Waals surface area contributed by atoms with Crippen LogP contribution in [-0.4, -0.2) is 43.9 Å². The number of para-hydroxylation sites is 1. The number of fused-ring (bicyclic) bond motifs is 1. The molecule has 2 heterocycles. The number of thiazole rings is 1. The molecule has 0 spiro atoms. The van der Waals surface area contributed by atoms with Crippen LogP contribution in [0.1, 0.15) is 5.01 Å². The van der Waals surface area contributed by atoms with E-state index in [0.717, 1.165) is 37.7 Å². The third-order valence-corrected chi connectivity index (χ3v) is 7.67. The quantitative estimate of drug-likeness (QED) is 0.712. The maximum Gasteiger partial charge on any atom is 0.249 e. The van der Waals surface area contributed by atoms with E-state index in [1.807, 2.05) is 24.3 Å². The topological polar surface area (TPSA) is 54.7 Å². The predicted octanol–water partition coefficient (Wildman–Crippen LogP) is 1.66. The fourth-order valence-electron chi connectivity index (χ4n) is 3.29. The lowest BCUT2D eigenvalue weighted by Gasteiger charge is -2.31. The largest absolute Gasteiger partial charge is 0.327 e. The van der Waals surface area contributed by atoms with E-state index in [-0.39, 0.29) is 13.1 Å². The van der Waals surface area contributed by atoms with Crippen LogP contribution in [0.5, 0.6) is 0 Å². The van der Waals surface area contributed by atoms with Gasteiger partial charge >= 0.3 is 0 Å². The summed E-state index contributed by atoms with van der Waals surface area (Å²) < 4.78 is 55.4. The summed E-state index contributed by atoms with van der Waals surface area (Å²) in [7, 11) is -4.18. The Morgan fingerprint density at radius 1 is 1.04 bits per heavy atom. The van der Waals surface area contributed by atoms with Crippen LogP contribution in [0.4, 0.5) is 8.78 Å². The number of quaternary nitrogens is 1. The Labute approximate surface area is 159 Å². The fraction of sp³-hybridized carbons (Fsp3) is 0.278. The van der Waals surface area contributed by atoms with Crippen LogP contribution >= 0.6 is 11.3 Å². The zero-order valence-electron chi connectivity index (χ0n) is 14.4. The number of halogens is 2. The molecular formula is C18H18F2N3O2S2+. The van der Waals surface area contributed by atoms with Gasteiger partial charge in [-0.3, -0.25) is 0 Å². The minimum Gasteiger partial charge on any atom is -0.327 e. The number of aromatic nitrogens is 1. The Kier molecular flexibility index (Phi) is 4.94. The maximum absolute atomic E-state index is 13.9. The van der Waals surface area contributed by atoms with E-state index in [1.54, 1.807) is 11.3 Å². The van der Waals surface area contributed by atoms with Crippen molar-refractivity contribution in [1.29, 1.82) is 0 Å². The van der Waals surface area contributed by atoms with Crippen molar-refractivity contribution in [3.8, 4) is 0 Å². The van der Waals surface area contributed by atoms with E-state index in [4.69, 9.17) is 0 Å². The van der Waals surface area contributed by atoms with Gasteiger partial charge in [0.2, 0.25) is 10.0 Å². The number of hydrogen-bond donors (Lipinski definition) is 1. The molecule has 5 nitrogen and oxygen atoms in total. The van der Waals surface area contributed by atoms with E-state index in [1.165, 1.54) is 4.90 Å². The third-order valence-electron chi connectivity index (χ3n) is 4.69. The van der Waals surface area contributed by atoms with Crippen molar-refractivity contribution in [2.24, 2.45) is 0 Å². The van der Waals surface area contributed by atoms with E-state index in [2.05, 4.69) is 4.98 Å². The van der Waals surface area contributed by atoms with E-state index < -0.39 is 26.6 Å². The molecule has 0 unspecified atom stereocenters. The predicted molar refractivity (Wildman–Crippen MR) is 99.1 cm³/mol. The van der Waals surface area contributed by atoms with Crippen LogP contribution < -0.4 is 4.90 Å². The first-order valence-electron chi connectivity index (χ1n) is 8.57. The highest BCUT2D eigenvalue weighted by molar-refractivity contribution is 7.89. The molecule has 0 saturated carbocycles. The summed E-state index contributed by atoms with van der Waals surface area (Å²) in [6, 6.07) is 11.0. The number of hydrogen-bond acceptors (Lipinski definition) is 4. The van der Waals surface area contributed by atoms with Crippen LogP contribution in [-0.2, 0) is 16.6 Å². The molecule has 142 valence electrons. The molecule has 0 aliphatic carbocycles. The van der Waals surface area contributed by atoms with Gasteiger partial charge in [-0.2, -0.15) is 4.31 Å². The van der Waals surface area contributed by atoms with Crippen LogP contribution in [0, 0.1) is 11.6 Å². The van der Waals surface area contributed by atoms with Crippen molar-refractivity contribution in [2.45, 2.75) is 11.4 Å². The molecule has 27 heavy (non-hydrogen) atoms. The van der Waals surface area contributed by atoms with E-state index in [9.17, 15) is 17.2 Å². The molecule has 2 aromatic carbocycles. The monoisotopic (exact) mass is 410 g/mol. The molecule has 1 aliphatic heterocycles. The minimum absolute atomic E-state index is 0.219. The van der Waals surface area contributed by atoms with Crippen molar-refractivity contribution in [3.05, 3.63) is 59.1 Å². The molecule has 1 fully saturated rings. The number of nitrogens with zero attached hydrogens (tertiary/aromatic N) is 2. The average molecular weight is 410 g/mol. The van der Waals surface area contributed by atoms with Crippen molar-refractivity contribution >= 4 is 31.6 Å². The van der Waals surface area contributed by atoms with Gasteiger partial charge in [-0.15, -0.1) is 11.3 Å². The van der Waals surface area contributed by atoms with Gasteiger partial charge in [-0.05, 0) is 24.3 Å². The molecule has 1 N–H and O–H groups in total. The van der Waals surface area contributed by atoms with Gasteiger partial charge in [0.15, 0.2) is 4.90 Å². The Bertz CT molecular complexity index is 1020. The molecule has 1 saturated heterocycles. The normalized spacial score (nSPS) is 16.8. The van der Waals surface area contributed by atoms with Gasteiger partial charge in [0.25, 0.3) is 0 Å². The summed E-state index contributed by atoms with van der Waals surface area (Å²) in [5, 5.41) is 1.00. The molecule has 9 heteroatoms. The minimum atomic E-state index is -4.18. The molecule has 4 rings (SSSR count). The van der Waals surface area contributed by atoms with Crippen molar-refractivity contribution in [2.75, 3.05) is 26.2 Å². The van der Waals surface area contributed by atoms with Gasteiger partial charge in [0, 0.05) is 0 Å². The molecular weight excluding hydrogens is 392 g/mol. The number of benzene rings is 2. The molecule has 0 amide bonds. The second-order valence-corrected chi connectivity index (χ2v) is 9.45. The second kappa shape index (κ2) is 7.23. The Morgan fingerprint density at radius 2 is 1.70 bits per heavy atom. The molecule has 1 aromatic heterocycles. The standard InChI is InChI=1S/C18H17F2N3O2S2/c19-13-4-3-5-14(20)18(13)27(24,25)23-10-8-22(9-11-23)12-17-21-15-6-1-2-7-16(15)26-17/h1-7H,8-12H2/p+1. The first-order valence-corrected chi connectivity index (χ1v) is 10.8. The highest BCUT2D eigenvalue weighted by atomic mass is 32.2. The van der Waals surface area contributed by atoms with Gasteiger partial charge in [-0.25, -0.2) is 22.2 Å². The van der Waals surface area contributed by atoms with E-state index in [0.29, 0.717) is 19.6 Å². The van der Waals surface area contributed by atoms with Crippen LogP contribution in [0.2, 0.25) is 0 Å². The fourth-order valence-corrected chi connectivity index (χ4v) is 5.88. The zero-order chi connectivity index (χ0) is 19.0. The van der Waals surface area contributed by atoms with Crippen molar-refractivity contribution < 1.29 is 22.1 Å². The number of rotatable bonds is 4. The first-order chi connectivity index (χ1) is 12.9. The van der Waals surface area contributed by atoms with Gasteiger partial charge in [0.1, 0.15) is 23.2 Å². The highest BCUT2D eigenvalue weighted by Crippen LogP contribution is 2.23. The Morgan fingerprint density at radius 3 is 2.37 bits per heavy atom. The summed E-state index contributed by atoms with van der Waals surface area (Å²) in [5.74, 6) is -2.11. The SMILES string of the molecule is O=S(=O)(c1c(F)cccc1F)N1CC[NH+](Cc2nc3ccccc3s2)CC1. The third kappa shape index (κ3) is 3.60. The van der Waals surface area contributed by atoms with Crippen LogP contribution in [0.15, 0.2) is 47.4 Å². The Hall–Kier alpha value is -1.94. The summed E-state index contributed by atoms with van der Waals surface area (Å²) in [4.78, 5) is 4.95. The lowest BCUT2D eigenvalue weighted by Crippen LogP contribution is -3.13. The second-order valence-electron chi connectivity index (χ2n) is 6.46. The van der Waals surface area contributed by atoms with E-state index >= 15 is 0 Å². The van der Waals surface area contributed by atoms with Gasteiger partial charge in [-0.1, -0.05) is 18.2 Å². The first kappa shape index (κ1) is 18.4. The van der Waals surface area contributed by atoms with Gasteiger partial charge < -0.3 is 4.90 Å². The highest BCUT2D eigenvalue weighted by Gasteiger charge is 2.34. The van der Waals surface area contributed by atoms with Gasteiger partial charge in [0.05, 0.1) is 36.4 Å². The zero-order valence-corrected chi connectivity index (χ0v) is 16.0. The number of sulfonamides is 1. The molecule has 0 bridgehead atoms. The van der Waals surface area contributed by atoms with Crippen molar-refractivity contribution in [3.63, 3.8) is 0 Å². The molecule has 0 atom stereocenters. The smallest absolute Gasteiger partial charge is 0.249 e. The summed E-state index contributed by atoms with van der Waals surface area (Å²) in [6.07, 6.45) is 0. The average Bonchev–Trinajstić information content (AvgIpc) is 3.04. The Balaban J connectivity index is 1.45. The summed E-state index contributed by atoms with van der Waals surface area (Å²) in [5.41, 5.74) is 0.966. The lowest BCUT2D eigenvalue weighted by molar-refractivity contribution is -0.917. The lowest BCUT2D eigenvalue weighted by atomic mass is 10.3. The molecule has 3 aromatic rings. The summed E-state index contributed by atoms with van der Waals surface area (Å²) >= 11 is 1.64. The summed E-state index contributed by atoms with van der Waals surface area (Å²) in [6.45, 7) is 2.27. The number of nitrogens with one attached hydrogen (secondary N) is 1. The number of piperazine rings is 1. The van der Waals surface area contributed by atoms with Crippen molar-refractivity contribution in [1.82, 2.24) is 9.29 Å².